The lowest BCUT2D eigenvalue weighted by Crippen LogP contribution is -2.23. The van der Waals surface area contributed by atoms with Gasteiger partial charge in [0.25, 0.3) is 0 Å². The molecular formula is C10H9Cl2N3O. The van der Waals surface area contributed by atoms with E-state index in [-0.39, 0.29) is 5.69 Å². The highest BCUT2D eigenvalue weighted by Gasteiger charge is 2.04. The van der Waals surface area contributed by atoms with Gasteiger partial charge in [-0.1, -0.05) is 29.3 Å². The summed E-state index contributed by atoms with van der Waals surface area (Å²) in [7, 11) is 1.65. The maximum Gasteiger partial charge on any atom is 0.345 e. The van der Waals surface area contributed by atoms with Gasteiger partial charge in [-0.3, -0.25) is 4.57 Å². The smallest absolute Gasteiger partial charge is 0.285 e. The van der Waals surface area contributed by atoms with Gasteiger partial charge in [0, 0.05) is 7.05 Å². The van der Waals surface area contributed by atoms with Gasteiger partial charge in [0.1, 0.15) is 6.33 Å². The number of nitrogens with zero attached hydrogens (tertiary/aromatic N) is 3. The molecule has 2 aromatic rings. The molecule has 0 aliphatic rings. The Balaban J connectivity index is 2.31. The van der Waals surface area contributed by atoms with Gasteiger partial charge in [0.15, 0.2) is 0 Å². The highest BCUT2D eigenvalue weighted by Crippen LogP contribution is 2.22. The van der Waals surface area contributed by atoms with Crippen LogP contribution in [0.25, 0.3) is 0 Å². The lowest BCUT2D eigenvalue weighted by Gasteiger charge is -2.02. The standard InChI is InChI=1S/C10H9Cl2N3O/c1-14-6-13-15(10(14)16)5-7-2-3-8(11)9(12)4-7/h2-4,6H,5H2,1H3. The fraction of sp³-hybridized carbons (Fsp3) is 0.200. The van der Waals surface area contributed by atoms with Crippen LogP contribution < -0.4 is 5.69 Å². The predicted octanol–water partition coefficient (Wildman–Crippen LogP) is 1.94. The minimum atomic E-state index is -0.161. The SMILES string of the molecule is Cn1cnn(Cc2ccc(Cl)c(Cl)c2)c1=O. The Labute approximate surface area is 102 Å². The summed E-state index contributed by atoms with van der Waals surface area (Å²) in [6.07, 6.45) is 1.47. The van der Waals surface area contributed by atoms with Crippen molar-refractivity contribution >= 4 is 23.2 Å². The normalized spacial score (nSPS) is 10.7. The predicted molar refractivity (Wildman–Crippen MR) is 63.0 cm³/mol. The van der Waals surface area contributed by atoms with Gasteiger partial charge < -0.3 is 0 Å². The zero-order chi connectivity index (χ0) is 11.7. The van der Waals surface area contributed by atoms with Crippen molar-refractivity contribution < 1.29 is 0 Å². The molecule has 0 bridgehead atoms. The molecule has 6 heteroatoms. The van der Waals surface area contributed by atoms with E-state index in [0.29, 0.717) is 16.6 Å². The maximum absolute atomic E-state index is 11.5. The van der Waals surface area contributed by atoms with Gasteiger partial charge in [-0.2, -0.15) is 5.10 Å². The Morgan fingerprint density at radius 1 is 1.31 bits per heavy atom. The first-order valence-corrected chi connectivity index (χ1v) is 5.36. The van der Waals surface area contributed by atoms with Gasteiger partial charge >= 0.3 is 5.69 Å². The third kappa shape index (κ3) is 2.13. The molecule has 1 aromatic carbocycles. The Morgan fingerprint density at radius 2 is 2.06 bits per heavy atom. The van der Waals surface area contributed by atoms with E-state index in [4.69, 9.17) is 23.2 Å². The number of halogens is 2. The fourth-order valence-corrected chi connectivity index (χ4v) is 1.66. The lowest BCUT2D eigenvalue weighted by molar-refractivity contribution is 0.647. The first kappa shape index (κ1) is 11.2. The second-order valence-corrected chi connectivity index (χ2v) is 4.24. The quantitative estimate of drug-likeness (QED) is 0.825. The van der Waals surface area contributed by atoms with E-state index in [1.165, 1.54) is 15.6 Å². The van der Waals surface area contributed by atoms with Gasteiger partial charge in [0.05, 0.1) is 16.6 Å². The Bertz CT molecular complexity index is 574. The molecular weight excluding hydrogens is 249 g/mol. The molecule has 0 saturated carbocycles. The van der Waals surface area contributed by atoms with Crippen molar-refractivity contribution in [3.63, 3.8) is 0 Å². The summed E-state index contributed by atoms with van der Waals surface area (Å²) >= 11 is 11.7. The van der Waals surface area contributed by atoms with Crippen LogP contribution in [0.5, 0.6) is 0 Å². The number of aryl methyl sites for hydroxylation is 1. The number of aromatic nitrogens is 3. The molecule has 1 heterocycles. The summed E-state index contributed by atoms with van der Waals surface area (Å²) < 4.78 is 2.77. The minimum Gasteiger partial charge on any atom is -0.285 e. The second-order valence-electron chi connectivity index (χ2n) is 3.43. The Morgan fingerprint density at radius 3 is 2.62 bits per heavy atom. The van der Waals surface area contributed by atoms with Crippen LogP contribution in [0, 0.1) is 0 Å². The molecule has 16 heavy (non-hydrogen) atoms. The molecule has 1 aromatic heterocycles. The zero-order valence-electron chi connectivity index (χ0n) is 8.52. The van der Waals surface area contributed by atoms with Crippen molar-refractivity contribution in [1.82, 2.24) is 14.3 Å². The number of benzene rings is 1. The number of hydrogen-bond acceptors (Lipinski definition) is 2. The van der Waals surface area contributed by atoms with Crippen molar-refractivity contribution in [2.75, 3.05) is 0 Å². The number of rotatable bonds is 2. The monoisotopic (exact) mass is 257 g/mol. The largest absolute Gasteiger partial charge is 0.345 e. The van der Waals surface area contributed by atoms with Crippen molar-refractivity contribution in [2.45, 2.75) is 6.54 Å². The van der Waals surface area contributed by atoms with Crippen LogP contribution in [0.1, 0.15) is 5.56 Å². The van der Waals surface area contributed by atoms with Crippen molar-refractivity contribution in [3.05, 3.63) is 50.6 Å². The molecule has 0 aliphatic heterocycles. The van der Waals surface area contributed by atoms with E-state index >= 15 is 0 Å². The highest BCUT2D eigenvalue weighted by molar-refractivity contribution is 6.42. The van der Waals surface area contributed by atoms with E-state index in [0.717, 1.165) is 5.56 Å². The third-order valence-corrected chi connectivity index (χ3v) is 2.94. The summed E-state index contributed by atoms with van der Waals surface area (Å²) in [5.41, 5.74) is 0.723. The van der Waals surface area contributed by atoms with Crippen LogP contribution >= 0.6 is 23.2 Å². The van der Waals surface area contributed by atoms with Crippen LogP contribution in [0.15, 0.2) is 29.3 Å². The van der Waals surface area contributed by atoms with Crippen LogP contribution in [0.2, 0.25) is 10.0 Å². The zero-order valence-corrected chi connectivity index (χ0v) is 10.0. The van der Waals surface area contributed by atoms with Crippen LogP contribution in [-0.2, 0) is 13.6 Å². The van der Waals surface area contributed by atoms with E-state index in [1.807, 2.05) is 6.07 Å². The fourth-order valence-electron chi connectivity index (χ4n) is 1.34. The molecule has 0 amide bonds. The van der Waals surface area contributed by atoms with Gasteiger partial charge in [-0.05, 0) is 17.7 Å². The van der Waals surface area contributed by atoms with Gasteiger partial charge in [-0.15, -0.1) is 0 Å². The molecule has 0 unspecified atom stereocenters. The number of hydrogen-bond donors (Lipinski definition) is 0. The topological polar surface area (TPSA) is 39.8 Å². The molecule has 0 radical (unpaired) electrons. The average Bonchev–Trinajstić information content (AvgIpc) is 2.55. The van der Waals surface area contributed by atoms with Gasteiger partial charge in [-0.25, -0.2) is 9.48 Å². The summed E-state index contributed by atoms with van der Waals surface area (Å²) in [5, 5.41) is 4.93. The molecule has 84 valence electrons. The van der Waals surface area contributed by atoms with Crippen LogP contribution in [0.4, 0.5) is 0 Å². The Hall–Kier alpha value is -1.26. The average molecular weight is 258 g/mol. The Kier molecular flexibility index (Phi) is 3.03. The van der Waals surface area contributed by atoms with Gasteiger partial charge in [0.2, 0.25) is 0 Å². The van der Waals surface area contributed by atoms with Crippen molar-refractivity contribution in [2.24, 2.45) is 7.05 Å². The minimum absolute atomic E-state index is 0.161. The van der Waals surface area contributed by atoms with Crippen molar-refractivity contribution in [1.29, 1.82) is 0 Å². The van der Waals surface area contributed by atoms with Crippen LogP contribution in [-0.4, -0.2) is 14.3 Å². The molecule has 0 spiro atoms. The summed E-state index contributed by atoms with van der Waals surface area (Å²) in [6.45, 7) is 0.385. The van der Waals surface area contributed by atoms with E-state index < -0.39 is 0 Å². The molecule has 0 aliphatic carbocycles. The van der Waals surface area contributed by atoms with Crippen LogP contribution in [0.3, 0.4) is 0 Å². The molecule has 2 rings (SSSR count). The summed E-state index contributed by atoms with van der Waals surface area (Å²) in [4.78, 5) is 11.5. The molecule has 0 fully saturated rings. The van der Waals surface area contributed by atoms with E-state index in [1.54, 1.807) is 19.2 Å². The second kappa shape index (κ2) is 4.31. The third-order valence-electron chi connectivity index (χ3n) is 2.20. The summed E-state index contributed by atoms with van der Waals surface area (Å²) in [6, 6.07) is 5.24. The maximum atomic E-state index is 11.5. The molecule has 0 saturated heterocycles. The lowest BCUT2D eigenvalue weighted by atomic mass is 10.2. The van der Waals surface area contributed by atoms with E-state index in [9.17, 15) is 4.79 Å². The first-order chi connectivity index (χ1) is 7.58. The molecule has 0 N–H and O–H groups in total. The molecule has 4 nitrogen and oxygen atoms in total. The van der Waals surface area contributed by atoms with Crippen molar-refractivity contribution in [3.8, 4) is 0 Å². The summed E-state index contributed by atoms with van der Waals surface area (Å²) in [5.74, 6) is 0. The highest BCUT2D eigenvalue weighted by atomic mass is 35.5. The van der Waals surface area contributed by atoms with E-state index in [2.05, 4.69) is 5.10 Å². The molecule has 0 atom stereocenters. The first-order valence-electron chi connectivity index (χ1n) is 4.60.